The lowest BCUT2D eigenvalue weighted by atomic mass is 10.3. The van der Waals surface area contributed by atoms with Crippen LogP contribution in [0.4, 0.5) is 5.69 Å². The van der Waals surface area contributed by atoms with E-state index in [1.807, 2.05) is 16.8 Å². The molecule has 7 heteroatoms. The normalized spacial score (nSPS) is 11.6. The summed E-state index contributed by atoms with van der Waals surface area (Å²) in [7, 11) is -1.98. The Morgan fingerprint density at radius 1 is 1.24 bits per heavy atom. The van der Waals surface area contributed by atoms with Crippen molar-refractivity contribution in [2.75, 3.05) is 12.4 Å². The van der Waals surface area contributed by atoms with Gasteiger partial charge in [-0.1, -0.05) is 0 Å². The van der Waals surface area contributed by atoms with Crippen molar-refractivity contribution in [2.45, 2.75) is 18.4 Å². The van der Waals surface area contributed by atoms with E-state index in [1.165, 1.54) is 34.7 Å². The van der Waals surface area contributed by atoms with Crippen LogP contribution < -0.4 is 5.32 Å². The maximum Gasteiger partial charge on any atom is 0.243 e. The minimum atomic E-state index is -3.54. The largest absolute Gasteiger partial charge is 0.326 e. The van der Waals surface area contributed by atoms with Crippen LogP contribution in [-0.4, -0.2) is 25.7 Å². The molecule has 2 aromatic rings. The van der Waals surface area contributed by atoms with Gasteiger partial charge in [-0.15, -0.1) is 0 Å². The van der Waals surface area contributed by atoms with Crippen LogP contribution in [0.3, 0.4) is 0 Å². The molecule has 5 nitrogen and oxygen atoms in total. The summed E-state index contributed by atoms with van der Waals surface area (Å²) in [5.74, 6) is -0.194. The molecule has 0 saturated heterocycles. The van der Waals surface area contributed by atoms with E-state index in [9.17, 15) is 13.2 Å². The number of carbonyl (C=O) groups is 1. The molecule has 0 unspecified atom stereocenters. The second-order valence-corrected chi connectivity index (χ2v) is 7.42. The first-order chi connectivity index (χ1) is 9.89. The fourth-order valence-corrected chi connectivity index (χ4v) is 3.64. The summed E-state index contributed by atoms with van der Waals surface area (Å²) in [5.41, 5.74) is 1.53. The lowest BCUT2D eigenvalue weighted by Crippen LogP contribution is -2.26. The molecular weight excluding hydrogens is 308 g/mol. The van der Waals surface area contributed by atoms with Crippen LogP contribution in [0, 0.1) is 0 Å². The zero-order valence-electron chi connectivity index (χ0n) is 11.7. The van der Waals surface area contributed by atoms with Crippen molar-refractivity contribution in [1.29, 1.82) is 0 Å². The molecular formula is C14H16N2O3S2. The molecule has 0 saturated carbocycles. The predicted molar refractivity (Wildman–Crippen MR) is 83.7 cm³/mol. The summed E-state index contributed by atoms with van der Waals surface area (Å²) >= 11 is 1.53. The van der Waals surface area contributed by atoms with Crippen molar-refractivity contribution in [2.24, 2.45) is 0 Å². The van der Waals surface area contributed by atoms with Crippen LogP contribution in [0.2, 0.25) is 0 Å². The first kappa shape index (κ1) is 15.7. The minimum Gasteiger partial charge on any atom is -0.326 e. The maximum absolute atomic E-state index is 12.4. The molecule has 0 spiro atoms. The molecule has 2 rings (SSSR count). The summed E-state index contributed by atoms with van der Waals surface area (Å²) < 4.78 is 26.2. The Bertz CT molecular complexity index is 707. The minimum absolute atomic E-state index is 0.194. The SMILES string of the molecule is CC(=O)Nc1ccc(S(=O)(=O)N(C)Cc2ccsc2)cc1. The van der Waals surface area contributed by atoms with Gasteiger partial charge < -0.3 is 5.32 Å². The third-order valence-electron chi connectivity index (χ3n) is 2.87. The number of amides is 1. The number of rotatable bonds is 5. The van der Waals surface area contributed by atoms with Gasteiger partial charge in [-0.2, -0.15) is 15.6 Å². The van der Waals surface area contributed by atoms with Crippen LogP contribution >= 0.6 is 11.3 Å². The van der Waals surface area contributed by atoms with Crippen LogP contribution in [0.15, 0.2) is 46.0 Å². The van der Waals surface area contributed by atoms with Gasteiger partial charge >= 0.3 is 0 Å². The highest BCUT2D eigenvalue weighted by Crippen LogP contribution is 2.19. The molecule has 1 heterocycles. The van der Waals surface area contributed by atoms with Crippen LogP contribution in [0.5, 0.6) is 0 Å². The molecule has 0 bridgehead atoms. The van der Waals surface area contributed by atoms with Crippen LogP contribution in [0.1, 0.15) is 12.5 Å². The summed E-state index contributed by atoms with van der Waals surface area (Å²) in [6.45, 7) is 1.73. The van der Waals surface area contributed by atoms with E-state index in [2.05, 4.69) is 5.32 Å². The number of sulfonamides is 1. The summed E-state index contributed by atoms with van der Waals surface area (Å²) in [6.07, 6.45) is 0. The summed E-state index contributed by atoms with van der Waals surface area (Å²) in [5, 5.41) is 6.44. The van der Waals surface area contributed by atoms with Crippen molar-refractivity contribution < 1.29 is 13.2 Å². The average molecular weight is 324 g/mol. The summed E-state index contributed by atoms with van der Waals surface area (Å²) in [6, 6.07) is 8.03. The van der Waals surface area contributed by atoms with Gasteiger partial charge in [0, 0.05) is 26.2 Å². The average Bonchev–Trinajstić information content (AvgIpc) is 2.91. The van der Waals surface area contributed by atoms with E-state index in [4.69, 9.17) is 0 Å². The van der Waals surface area contributed by atoms with Crippen LogP contribution in [0.25, 0.3) is 0 Å². The highest BCUT2D eigenvalue weighted by Gasteiger charge is 2.20. The number of anilines is 1. The number of nitrogens with zero attached hydrogens (tertiary/aromatic N) is 1. The molecule has 1 aromatic heterocycles. The Kier molecular flexibility index (Phi) is 4.76. The van der Waals surface area contributed by atoms with Gasteiger partial charge in [0.1, 0.15) is 0 Å². The lowest BCUT2D eigenvalue weighted by Gasteiger charge is -2.16. The third kappa shape index (κ3) is 3.90. The number of nitrogens with one attached hydrogen (secondary N) is 1. The third-order valence-corrected chi connectivity index (χ3v) is 5.42. The number of thiophene rings is 1. The highest BCUT2D eigenvalue weighted by molar-refractivity contribution is 7.89. The van der Waals surface area contributed by atoms with Crippen molar-refractivity contribution >= 4 is 33.0 Å². The van der Waals surface area contributed by atoms with E-state index in [1.54, 1.807) is 19.2 Å². The van der Waals surface area contributed by atoms with Gasteiger partial charge in [0.05, 0.1) is 4.90 Å². The first-order valence-corrected chi connectivity index (χ1v) is 8.63. The molecule has 1 aromatic carbocycles. The Morgan fingerprint density at radius 3 is 2.43 bits per heavy atom. The smallest absolute Gasteiger partial charge is 0.243 e. The molecule has 0 atom stereocenters. The Labute approximate surface area is 128 Å². The van der Waals surface area contributed by atoms with Crippen molar-refractivity contribution in [3.05, 3.63) is 46.7 Å². The molecule has 21 heavy (non-hydrogen) atoms. The number of hydrogen-bond donors (Lipinski definition) is 1. The van der Waals surface area contributed by atoms with Gasteiger partial charge in [0.15, 0.2) is 0 Å². The lowest BCUT2D eigenvalue weighted by molar-refractivity contribution is -0.114. The maximum atomic E-state index is 12.4. The number of carbonyl (C=O) groups excluding carboxylic acids is 1. The van der Waals surface area contributed by atoms with E-state index in [-0.39, 0.29) is 10.8 Å². The second-order valence-electron chi connectivity index (χ2n) is 4.60. The molecule has 0 aliphatic rings. The van der Waals surface area contributed by atoms with Gasteiger partial charge in [0.2, 0.25) is 15.9 Å². The summed E-state index contributed by atoms with van der Waals surface area (Å²) in [4.78, 5) is 11.1. The Morgan fingerprint density at radius 2 is 1.90 bits per heavy atom. The molecule has 1 N–H and O–H groups in total. The molecule has 112 valence electrons. The molecule has 0 radical (unpaired) electrons. The Hall–Kier alpha value is -1.70. The second kappa shape index (κ2) is 6.38. The first-order valence-electron chi connectivity index (χ1n) is 6.24. The van der Waals surface area contributed by atoms with Crippen LogP contribution in [-0.2, 0) is 21.4 Å². The van der Waals surface area contributed by atoms with E-state index >= 15 is 0 Å². The zero-order chi connectivity index (χ0) is 15.5. The fourth-order valence-electron chi connectivity index (χ4n) is 1.82. The van der Waals surface area contributed by atoms with E-state index in [0.29, 0.717) is 12.2 Å². The monoisotopic (exact) mass is 324 g/mol. The standard InChI is InChI=1S/C14H16N2O3S2/c1-11(17)15-13-3-5-14(6-4-13)21(18,19)16(2)9-12-7-8-20-10-12/h3-8,10H,9H2,1-2H3,(H,15,17). The molecule has 0 aliphatic heterocycles. The van der Waals surface area contributed by atoms with Crippen molar-refractivity contribution in [3.63, 3.8) is 0 Å². The topological polar surface area (TPSA) is 66.5 Å². The Balaban J connectivity index is 2.16. The van der Waals surface area contributed by atoms with Gasteiger partial charge in [-0.05, 0) is 46.7 Å². The van der Waals surface area contributed by atoms with Gasteiger partial charge in [-0.3, -0.25) is 4.79 Å². The van der Waals surface area contributed by atoms with Gasteiger partial charge in [-0.25, -0.2) is 8.42 Å². The van der Waals surface area contributed by atoms with E-state index < -0.39 is 10.0 Å². The zero-order valence-corrected chi connectivity index (χ0v) is 13.4. The highest BCUT2D eigenvalue weighted by atomic mass is 32.2. The molecule has 0 aliphatic carbocycles. The van der Waals surface area contributed by atoms with E-state index in [0.717, 1.165) is 5.56 Å². The van der Waals surface area contributed by atoms with Crippen molar-refractivity contribution in [3.8, 4) is 0 Å². The number of hydrogen-bond acceptors (Lipinski definition) is 4. The van der Waals surface area contributed by atoms with Gasteiger partial charge in [0.25, 0.3) is 0 Å². The fraction of sp³-hybridized carbons (Fsp3) is 0.214. The number of benzene rings is 1. The quantitative estimate of drug-likeness (QED) is 0.919. The molecule has 0 fully saturated rings. The molecule has 1 amide bonds. The van der Waals surface area contributed by atoms with Crippen molar-refractivity contribution in [1.82, 2.24) is 4.31 Å². The predicted octanol–water partition coefficient (Wildman–Crippen LogP) is 2.53.